The smallest absolute Gasteiger partial charge is 0.279 e. The van der Waals surface area contributed by atoms with Crippen molar-refractivity contribution in [1.29, 1.82) is 0 Å². The van der Waals surface area contributed by atoms with Gasteiger partial charge in [-0.25, -0.2) is 4.72 Å². The summed E-state index contributed by atoms with van der Waals surface area (Å²) in [5, 5.41) is 3.54. The molecule has 2 atom stereocenters. The predicted molar refractivity (Wildman–Crippen MR) is 67.9 cm³/mol. The maximum absolute atomic E-state index is 12.1. The Hall–Kier alpha value is -0.170. The second kappa shape index (κ2) is 5.22. The van der Waals surface area contributed by atoms with E-state index in [1.165, 1.54) is 12.8 Å². The van der Waals surface area contributed by atoms with Crippen LogP contribution in [0.4, 0.5) is 0 Å². The second-order valence-corrected chi connectivity index (χ2v) is 6.68. The van der Waals surface area contributed by atoms with Crippen molar-refractivity contribution >= 4 is 10.2 Å². The van der Waals surface area contributed by atoms with E-state index < -0.39 is 10.2 Å². The molecule has 2 heterocycles. The van der Waals surface area contributed by atoms with Gasteiger partial charge in [-0.1, -0.05) is 13.8 Å². The van der Waals surface area contributed by atoms with E-state index >= 15 is 0 Å². The lowest BCUT2D eigenvalue weighted by atomic mass is 10.00. The van der Waals surface area contributed by atoms with E-state index in [-0.39, 0.29) is 6.04 Å². The summed E-state index contributed by atoms with van der Waals surface area (Å²) in [6, 6.07) is 1.21. The van der Waals surface area contributed by atoms with Gasteiger partial charge in [0, 0.05) is 31.2 Å². The van der Waals surface area contributed by atoms with E-state index in [0.29, 0.717) is 25.2 Å². The normalized spacial score (nSPS) is 33.2. The SMILES string of the molecule is CCNS(=O)(=O)N(CC)C1CC2CCC(C1)N2. The van der Waals surface area contributed by atoms with Gasteiger partial charge in [0.1, 0.15) is 0 Å². The largest absolute Gasteiger partial charge is 0.311 e. The van der Waals surface area contributed by atoms with Crippen LogP contribution in [-0.2, 0) is 10.2 Å². The second-order valence-electron chi connectivity index (χ2n) is 4.97. The van der Waals surface area contributed by atoms with Crippen molar-refractivity contribution < 1.29 is 8.42 Å². The molecule has 2 unspecified atom stereocenters. The molecule has 0 aromatic heterocycles. The predicted octanol–water partition coefficient (Wildman–Crippen LogP) is 0.446. The number of nitrogens with one attached hydrogen (secondary N) is 2. The average Bonchev–Trinajstić information content (AvgIpc) is 2.58. The first-order valence-corrected chi connectivity index (χ1v) is 8.03. The number of nitrogens with zero attached hydrogens (tertiary/aromatic N) is 1. The highest BCUT2D eigenvalue weighted by atomic mass is 32.2. The average molecular weight is 261 g/mol. The number of hydrogen-bond donors (Lipinski definition) is 2. The van der Waals surface area contributed by atoms with Gasteiger partial charge in [0.2, 0.25) is 0 Å². The summed E-state index contributed by atoms with van der Waals surface area (Å²) in [4.78, 5) is 0. The zero-order valence-corrected chi connectivity index (χ0v) is 11.5. The van der Waals surface area contributed by atoms with E-state index in [1.807, 2.05) is 13.8 Å². The number of hydrogen-bond acceptors (Lipinski definition) is 3. The van der Waals surface area contributed by atoms with E-state index in [0.717, 1.165) is 12.8 Å². The number of fused-ring (bicyclic) bond motifs is 2. The summed E-state index contributed by atoms with van der Waals surface area (Å²) >= 11 is 0. The molecule has 5 nitrogen and oxygen atoms in total. The molecule has 2 rings (SSSR count). The molecule has 2 saturated heterocycles. The Labute approximate surface area is 104 Å². The molecule has 100 valence electrons. The Bertz CT molecular complexity index is 346. The molecule has 2 bridgehead atoms. The van der Waals surface area contributed by atoms with Crippen LogP contribution in [0, 0.1) is 0 Å². The molecule has 0 amide bonds. The number of piperidine rings is 1. The van der Waals surface area contributed by atoms with Gasteiger partial charge in [-0.2, -0.15) is 12.7 Å². The standard InChI is InChI=1S/C11H23N3O2S/c1-3-12-17(15,16)14(4-2)11-7-9-5-6-10(8-11)13-9/h9-13H,3-8H2,1-2H3. The quantitative estimate of drug-likeness (QED) is 0.755. The molecule has 6 heteroatoms. The van der Waals surface area contributed by atoms with Crippen molar-refractivity contribution in [2.75, 3.05) is 13.1 Å². The molecule has 2 fully saturated rings. The Morgan fingerprint density at radius 3 is 2.29 bits per heavy atom. The highest BCUT2D eigenvalue weighted by Crippen LogP contribution is 2.30. The van der Waals surface area contributed by atoms with Gasteiger partial charge in [0.25, 0.3) is 10.2 Å². The lowest BCUT2D eigenvalue weighted by Crippen LogP contribution is -2.52. The molecular weight excluding hydrogens is 238 g/mol. The van der Waals surface area contributed by atoms with Crippen LogP contribution in [0.1, 0.15) is 39.5 Å². The highest BCUT2D eigenvalue weighted by Gasteiger charge is 2.39. The van der Waals surface area contributed by atoms with Gasteiger partial charge < -0.3 is 5.32 Å². The van der Waals surface area contributed by atoms with Crippen LogP contribution in [0.15, 0.2) is 0 Å². The summed E-state index contributed by atoms with van der Waals surface area (Å²) in [6.07, 6.45) is 4.30. The monoisotopic (exact) mass is 261 g/mol. The molecule has 0 aromatic rings. The molecular formula is C11H23N3O2S. The summed E-state index contributed by atoms with van der Waals surface area (Å²) < 4.78 is 28.4. The van der Waals surface area contributed by atoms with Crippen molar-refractivity contribution in [3.05, 3.63) is 0 Å². The van der Waals surface area contributed by atoms with E-state index in [1.54, 1.807) is 4.31 Å². The van der Waals surface area contributed by atoms with Crippen LogP contribution in [-0.4, -0.2) is 43.9 Å². The molecule has 2 N–H and O–H groups in total. The van der Waals surface area contributed by atoms with Crippen molar-refractivity contribution in [2.45, 2.75) is 57.7 Å². The van der Waals surface area contributed by atoms with Crippen LogP contribution >= 0.6 is 0 Å². The first kappa shape index (κ1) is 13.3. The Balaban J connectivity index is 2.08. The fourth-order valence-electron chi connectivity index (χ4n) is 3.15. The summed E-state index contributed by atoms with van der Waals surface area (Å²) in [5.41, 5.74) is 0. The van der Waals surface area contributed by atoms with Gasteiger partial charge in [0.15, 0.2) is 0 Å². The summed E-state index contributed by atoms with van der Waals surface area (Å²) in [7, 11) is -3.29. The molecule has 0 radical (unpaired) electrons. The minimum Gasteiger partial charge on any atom is -0.311 e. The fourth-order valence-corrected chi connectivity index (χ4v) is 4.59. The third-order valence-corrected chi connectivity index (χ3v) is 5.63. The van der Waals surface area contributed by atoms with Gasteiger partial charge in [-0.15, -0.1) is 0 Å². The first-order chi connectivity index (χ1) is 8.06. The van der Waals surface area contributed by atoms with Gasteiger partial charge in [0.05, 0.1) is 0 Å². The fraction of sp³-hybridized carbons (Fsp3) is 1.00. The highest BCUT2D eigenvalue weighted by molar-refractivity contribution is 7.87. The van der Waals surface area contributed by atoms with E-state index in [9.17, 15) is 8.42 Å². The van der Waals surface area contributed by atoms with Crippen LogP contribution in [0.5, 0.6) is 0 Å². The Morgan fingerprint density at radius 2 is 1.82 bits per heavy atom. The van der Waals surface area contributed by atoms with Gasteiger partial charge in [-0.05, 0) is 25.7 Å². The third-order valence-electron chi connectivity index (χ3n) is 3.80. The molecule has 17 heavy (non-hydrogen) atoms. The van der Waals surface area contributed by atoms with Crippen molar-refractivity contribution in [2.24, 2.45) is 0 Å². The van der Waals surface area contributed by atoms with E-state index in [4.69, 9.17) is 0 Å². The van der Waals surface area contributed by atoms with Crippen molar-refractivity contribution in [3.8, 4) is 0 Å². The lowest BCUT2D eigenvalue weighted by molar-refractivity contribution is 0.230. The molecule has 0 spiro atoms. The lowest BCUT2D eigenvalue weighted by Gasteiger charge is -2.36. The van der Waals surface area contributed by atoms with Crippen LogP contribution in [0.3, 0.4) is 0 Å². The zero-order chi connectivity index (χ0) is 12.5. The van der Waals surface area contributed by atoms with Crippen LogP contribution in [0.25, 0.3) is 0 Å². The minimum atomic E-state index is -3.29. The topological polar surface area (TPSA) is 61.4 Å². The van der Waals surface area contributed by atoms with Gasteiger partial charge in [-0.3, -0.25) is 0 Å². The van der Waals surface area contributed by atoms with Crippen LogP contribution < -0.4 is 10.0 Å². The maximum atomic E-state index is 12.1. The molecule has 0 saturated carbocycles. The maximum Gasteiger partial charge on any atom is 0.279 e. The van der Waals surface area contributed by atoms with Gasteiger partial charge >= 0.3 is 0 Å². The Kier molecular flexibility index (Phi) is 4.07. The molecule has 2 aliphatic rings. The molecule has 0 aromatic carbocycles. The Morgan fingerprint density at radius 1 is 1.24 bits per heavy atom. The third kappa shape index (κ3) is 2.81. The van der Waals surface area contributed by atoms with Crippen molar-refractivity contribution in [1.82, 2.24) is 14.3 Å². The first-order valence-electron chi connectivity index (χ1n) is 6.59. The summed E-state index contributed by atoms with van der Waals surface area (Å²) in [6.45, 7) is 4.74. The minimum absolute atomic E-state index is 0.169. The zero-order valence-electron chi connectivity index (χ0n) is 10.6. The molecule has 0 aliphatic carbocycles. The van der Waals surface area contributed by atoms with Crippen LogP contribution in [0.2, 0.25) is 0 Å². The molecule has 2 aliphatic heterocycles. The van der Waals surface area contributed by atoms with E-state index in [2.05, 4.69) is 10.0 Å². The number of rotatable bonds is 5. The van der Waals surface area contributed by atoms with Crippen molar-refractivity contribution in [3.63, 3.8) is 0 Å². The summed E-state index contributed by atoms with van der Waals surface area (Å²) in [5.74, 6) is 0.